The number of ether oxygens (including phenoxy) is 1. The van der Waals surface area contributed by atoms with E-state index in [0.29, 0.717) is 0 Å². The molecule has 0 radical (unpaired) electrons. The van der Waals surface area contributed by atoms with Gasteiger partial charge < -0.3 is 15.4 Å². The van der Waals surface area contributed by atoms with E-state index in [0.717, 1.165) is 36.9 Å². The molecule has 5 nitrogen and oxygen atoms in total. The first-order valence-electron chi connectivity index (χ1n) is 7.30. The Labute approximate surface area is 125 Å². The van der Waals surface area contributed by atoms with Gasteiger partial charge in [0.1, 0.15) is 0 Å². The molecule has 1 aromatic carbocycles. The van der Waals surface area contributed by atoms with Gasteiger partial charge in [0.15, 0.2) is 0 Å². The van der Waals surface area contributed by atoms with Crippen LogP contribution in [0.4, 0.5) is 10.5 Å². The fourth-order valence-corrected chi connectivity index (χ4v) is 2.72. The van der Waals surface area contributed by atoms with Gasteiger partial charge in [-0.15, -0.1) is 0 Å². The van der Waals surface area contributed by atoms with Crippen molar-refractivity contribution in [2.75, 3.05) is 12.4 Å². The normalized spacial score (nSPS) is 21.4. The Bertz CT molecular complexity index is 508. The Morgan fingerprint density at radius 1 is 1.19 bits per heavy atom. The summed E-state index contributed by atoms with van der Waals surface area (Å²) in [5.74, 6) is -0.162. The Morgan fingerprint density at radius 2 is 1.90 bits per heavy atom. The van der Waals surface area contributed by atoms with E-state index in [4.69, 9.17) is 4.74 Å². The summed E-state index contributed by atoms with van der Waals surface area (Å²) >= 11 is 0. The molecule has 1 fully saturated rings. The molecule has 2 rings (SSSR count). The van der Waals surface area contributed by atoms with Crippen LogP contribution in [-0.2, 0) is 9.53 Å². The van der Waals surface area contributed by atoms with Crippen LogP contribution in [0.3, 0.4) is 0 Å². The van der Waals surface area contributed by atoms with Crippen molar-refractivity contribution >= 4 is 17.7 Å². The third-order valence-corrected chi connectivity index (χ3v) is 3.87. The summed E-state index contributed by atoms with van der Waals surface area (Å²) in [6.45, 7) is 1.98. The number of rotatable bonds is 3. The second-order valence-corrected chi connectivity index (χ2v) is 5.54. The number of esters is 1. The monoisotopic (exact) mass is 290 g/mol. The number of hydrogen-bond donors (Lipinski definition) is 2. The molecule has 1 aromatic rings. The van der Waals surface area contributed by atoms with Gasteiger partial charge >= 0.3 is 12.0 Å². The van der Waals surface area contributed by atoms with Crippen molar-refractivity contribution < 1.29 is 14.3 Å². The van der Waals surface area contributed by atoms with E-state index in [1.54, 1.807) is 0 Å². The highest BCUT2D eigenvalue weighted by atomic mass is 16.5. The molecule has 0 bridgehead atoms. The number of methoxy groups -OCH3 is 1. The van der Waals surface area contributed by atoms with Crippen molar-refractivity contribution in [2.45, 2.75) is 38.6 Å². The highest BCUT2D eigenvalue weighted by Gasteiger charge is 2.27. The van der Waals surface area contributed by atoms with E-state index in [2.05, 4.69) is 10.6 Å². The zero-order valence-electron chi connectivity index (χ0n) is 12.5. The quantitative estimate of drug-likeness (QED) is 0.841. The zero-order chi connectivity index (χ0) is 15.2. The van der Waals surface area contributed by atoms with Crippen molar-refractivity contribution in [1.29, 1.82) is 0 Å². The van der Waals surface area contributed by atoms with Crippen molar-refractivity contribution in [1.82, 2.24) is 5.32 Å². The molecule has 2 amide bonds. The zero-order valence-corrected chi connectivity index (χ0v) is 12.5. The molecule has 0 spiro atoms. The number of aryl methyl sites for hydroxylation is 1. The lowest BCUT2D eigenvalue weighted by Crippen LogP contribution is -2.41. The van der Waals surface area contributed by atoms with Crippen molar-refractivity contribution in [3.63, 3.8) is 0 Å². The van der Waals surface area contributed by atoms with Gasteiger partial charge in [0.2, 0.25) is 0 Å². The molecule has 21 heavy (non-hydrogen) atoms. The summed E-state index contributed by atoms with van der Waals surface area (Å²) in [5.41, 5.74) is 1.89. The third kappa shape index (κ3) is 4.48. The molecule has 0 heterocycles. The highest BCUT2D eigenvalue weighted by molar-refractivity contribution is 5.89. The first-order chi connectivity index (χ1) is 10.1. The van der Waals surface area contributed by atoms with E-state index in [1.807, 2.05) is 31.2 Å². The van der Waals surface area contributed by atoms with Crippen LogP contribution >= 0.6 is 0 Å². The van der Waals surface area contributed by atoms with Crippen LogP contribution in [0.2, 0.25) is 0 Å². The average Bonchev–Trinajstić information content (AvgIpc) is 2.47. The molecule has 5 heteroatoms. The van der Waals surface area contributed by atoms with Gasteiger partial charge in [-0.25, -0.2) is 4.79 Å². The maximum absolute atomic E-state index is 11.9. The van der Waals surface area contributed by atoms with Gasteiger partial charge in [-0.2, -0.15) is 0 Å². The molecule has 1 saturated carbocycles. The minimum atomic E-state index is -0.192. The van der Waals surface area contributed by atoms with Crippen molar-refractivity contribution in [3.8, 4) is 0 Å². The smallest absolute Gasteiger partial charge is 0.319 e. The summed E-state index contributed by atoms with van der Waals surface area (Å²) in [7, 11) is 1.42. The fraction of sp³-hybridized carbons (Fsp3) is 0.500. The Hall–Kier alpha value is -2.04. The number of nitrogens with one attached hydrogen (secondary N) is 2. The van der Waals surface area contributed by atoms with Crippen molar-refractivity contribution in [2.24, 2.45) is 5.92 Å². The van der Waals surface area contributed by atoms with Crippen LogP contribution in [0, 0.1) is 12.8 Å². The molecule has 0 atom stereocenters. The number of hydrogen-bond acceptors (Lipinski definition) is 3. The molecule has 2 N–H and O–H groups in total. The van der Waals surface area contributed by atoms with E-state index < -0.39 is 0 Å². The third-order valence-electron chi connectivity index (χ3n) is 3.87. The topological polar surface area (TPSA) is 67.4 Å². The number of amides is 2. The van der Waals surface area contributed by atoms with Gasteiger partial charge in [0.05, 0.1) is 13.0 Å². The number of benzene rings is 1. The number of anilines is 1. The Kier molecular flexibility index (Phi) is 5.20. The standard InChI is InChI=1S/C16H22N2O3/c1-11-4-3-5-14(10-11)18-16(20)17-13-8-6-12(7-9-13)15(19)21-2/h3-5,10,12-13H,6-9H2,1-2H3,(H2,17,18,20). The van der Waals surface area contributed by atoms with Gasteiger partial charge in [0.25, 0.3) is 0 Å². The molecular formula is C16H22N2O3. The lowest BCUT2D eigenvalue weighted by atomic mass is 9.86. The van der Waals surface area contributed by atoms with Crippen LogP contribution in [0.1, 0.15) is 31.2 Å². The SMILES string of the molecule is COC(=O)C1CCC(NC(=O)Nc2cccc(C)c2)CC1. The molecule has 1 aliphatic rings. The first kappa shape index (κ1) is 15.4. The second kappa shape index (κ2) is 7.11. The number of carbonyl (C=O) groups excluding carboxylic acids is 2. The van der Waals surface area contributed by atoms with Crippen molar-refractivity contribution in [3.05, 3.63) is 29.8 Å². The van der Waals surface area contributed by atoms with Gasteiger partial charge in [-0.05, 0) is 50.3 Å². The summed E-state index contributed by atoms with van der Waals surface area (Å²) in [6, 6.07) is 7.61. The van der Waals surface area contributed by atoms with Gasteiger partial charge in [0, 0.05) is 11.7 Å². The van der Waals surface area contributed by atoms with Crippen LogP contribution < -0.4 is 10.6 Å². The lowest BCUT2D eigenvalue weighted by Gasteiger charge is -2.27. The Balaban J connectivity index is 1.78. The Morgan fingerprint density at radius 3 is 2.52 bits per heavy atom. The molecule has 0 aromatic heterocycles. The maximum Gasteiger partial charge on any atom is 0.319 e. The highest BCUT2D eigenvalue weighted by Crippen LogP contribution is 2.25. The second-order valence-electron chi connectivity index (χ2n) is 5.54. The number of urea groups is 1. The molecule has 0 unspecified atom stereocenters. The maximum atomic E-state index is 11.9. The molecule has 0 saturated heterocycles. The predicted molar refractivity (Wildman–Crippen MR) is 81.1 cm³/mol. The van der Waals surface area contributed by atoms with E-state index >= 15 is 0 Å². The largest absolute Gasteiger partial charge is 0.469 e. The van der Waals surface area contributed by atoms with E-state index in [1.165, 1.54) is 7.11 Å². The van der Waals surface area contributed by atoms with Crippen LogP contribution in [0.5, 0.6) is 0 Å². The van der Waals surface area contributed by atoms with E-state index in [9.17, 15) is 9.59 Å². The summed E-state index contributed by atoms with van der Waals surface area (Å²) in [4.78, 5) is 23.4. The van der Waals surface area contributed by atoms with E-state index in [-0.39, 0.29) is 24.0 Å². The van der Waals surface area contributed by atoms with Crippen LogP contribution in [0.25, 0.3) is 0 Å². The van der Waals surface area contributed by atoms with Gasteiger partial charge in [-0.3, -0.25) is 4.79 Å². The lowest BCUT2D eigenvalue weighted by molar-refractivity contribution is -0.146. The molecule has 1 aliphatic carbocycles. The minimum absolute atomic E-state index is 0.0205. The van der Waals surface area contributed by atoms with Crippen LogP contribution in [0.15, 0.2) is 24.3 Å². The first-order valence-corrected chi connectivity index (χ1v) is 7.30. The molecular weight excluding hydrogens is 268 g/mol. The summed E-state index contributed by atoms with van der Waals surface area (Å²) < 4.78 is 4.76. The molecule has 0 aliphatic heterocycles. The fourth-order valence-electron chi connectivity index (χ4n) is 2.72. The average molecular weight is 290 g/mol. The number of carbonyl (C=O) groups is 2. The summed E-state index contributed by atoms with van der Waals surface area (Å²) in [6.07, 6.45) is 3.14. The van der Waals surface area contributed by atoms with Gasteiger partial charge in [-0.1, -0.05) is 12.1 Å². The summed E-state index contributed by atoms with van der Waals surface area (Å²) in [5, 5.41) is 5.80. The van der Waals surface area contributed by atoms with Crippen LogP contribution in [-0.4, -0.2) is 25.2 Å². The predicted octanol–water partition coefficient (Wildman–Crippen LogP) is 2.85. The molecule has 114 valence electrons. The minimum Gasteiger partial charge on any atom is -0.469 e.